The lowest BCUT2D eigenvalue weighted by molar-refractivity contribution is -0.147. The van der Waals surface area contributed by atoms with Crippen LogP contribution in [0, 0.1) is 5.92 Å². The molecular formula is C22H31NO5. The molecule has 6 heteroatoms. The van der Waals surface area contributed by atoms with Gasteiger partial charge in [-0.2, -0.15) is 0 Å². The number of alkyl carbamates (subject to hydrolysis) is 1. The van der Waals surface area contributed by atoms with Crippen LogP contribution in [-0.4, -0.2) is 37.4 Å². The summed E-state index contributed by atoms with van der Waals surface area (Å²) in [5.74, 6) is -0.202. The van der Waals surface area contributed by atoms with E-state index in [9.17, 15) is 9.59 Å². The van der Waals surface area contributed by atoms with Gasteiger partial charge in [-0.05, 0) is 51.5 Å². The molecule has 0 radical (unpaired) electrons. The number of hydrogen-bond acceptors (Lipinski definition) is 5. The van der Waals surface area contributed by atoms with E-state index in [1.54, 1.807) is 0 Å². The van der Waals surface area contributed by atoms with Crippen molar-refractivity contribution >= 4 is 12.1 Å². The Labute approximate surface area is 167 Å². The number of carbonyl (C=O) groups excluding carboxylic acids is 2. The van der Waals surface area contributed by atoms with Gasteiger partial charge >= 0.3 is 12.1 Å². The van der Waals surface area contributed by atoms with Gasteiger partial charge in [-0.15, -0.1) is 0 Å². The molecule has 1 amide bonds. The van der Waals surface area contributed by atoms with E-state index in [2.05, 4.69) is 18.3 Å². The highest BCUT2D eigenvalue weighted by atomic mass is 16.6. The number of nitrogens with one attached hydrogen (secondary N) is 1. The van der Waals surface area contributed by atoms with E-state index in [1.165, 1.54) is 12.7 Å². The van der Waals surface area contributed by atoms with Crippen molar-refractivity contribution in [2.24, 2.45) is 5.92 Å². The number of methoxy groups -OCH3 is 1. The largest absolute Gasteiger partial charge is 0.467 e. The first-order chi connectivity index (χ1) is 13.3. The third-order valence-corrected chi connectivity index (χ3v) is 5.23. The SMILES string of the molecule is COC(=O)[C@H](COC(C)(C)C1CC=C(C)CC1)NC(=O)OCc1ccccc1. The summed E-state index contributed by atoms with van der Waals surface area (Å²) in [5, 5.41) is 2.55. The fraction of sp³-hybridized carbons (Fsp3) is 0.545. The van der Waals surface area contributed by atoms with E-state index in [-0.39, 0.29) is 13.2 Å². The lowest BCUT2D eigenvalue weighted by atomic mass is 9.79. The molecule has 0 aliphatic heterocycles. The minimum absolute atomic E-state index is 0.0271. The van der Waals surface area contributed by atoms with Gasteiger partial charge in [-0.3, -0.25) is 0 Å². The van der Waals surface area contributed by atoms with Gasteiger partial charge in [0.25, 0.3) is 0 Å². The van der Waals surface area contributed by atoms with Crippen LogP contribution in [0.15, 0.2) is 42.0 Å². The van der Waals surface area contributed by atoms with Gasteiger partial charge in [0.2, 0.25) is 0 Å². The van der Waals surface area contributed by atoms with Crippen LogP contribution in [0.1, 0.15) is 45.6 Å². The summed E-state index contributed by atoms with van der Waals surface area (Å²) in [6.07, 6.45) is 4.62. The maximum Gasteiger partial charge on any atom is 0.408 e. The van der Waals surface area contributed by atoms with E-state index >= 15 is 0 Å². The molecular weight excluding hydrogens is 358 g/mol. The van der Waals surface area contributed by atoms with Crippen molar-refractivity contribution in [2.75, 3.05) is 13.7 Å². The molecule has 0 heterocycles. The quantitative estimate of drug-likeness (QED) is 0.537. The second-order valence-electron chi connectivity index (χ2n) is 7.72. The molecule has 0 bridgehead atoms. The first-order valence-corrected chi connectivity index (χ1v) is 9.66. The van der Waals surface area contributed by atoms with Gasteiger partial charge in [0.1, 0.15) is 6.61 Å². The molecule has 1 aromatic carbocycles. The van der Waals surface area contributed by atoms with Crippen LogP contribution in [0.5, 0.6) is 0 Å². The van der Waals surface area contributed by atoms with E-state index in [1.807, 2.05) is 44.2 Å². The Kier molecular flexibility index (Phi) is 8.05. The van der Waals surface area contributed by atoms with Crippen LogP contribution in [0.3, 0.4) is 0 Å². The topological polar surface area (TPSA) is 73.9 Å². The summed E-state index contributed by atoms with van der Waals surface area (Å²) in [6.45, 7) is 6.34. The van der Waals surface area contributed by atoms with Crippen molar-refractivity contribution < 1.29 is 23.8 Å². The maximum absolute atomic E-state index is 12.1. The highest BCUT2D eigenvalue weighted by molar-refractivity contribution is 5.81. The number of amides is 1. The molecule has 28 heavy (non-hydrogen) atoms. The first-order valence-electron chi connectivity index (χ1n) is 9.66. The number of carbonyl (C=O) groups is 2. The lowest BCUT2D eigenvalue weighted by Gasteiger charge is -2.37. The van der Waals surface area contributed by atoms with Crippen molar-refractivity contribution in [2.45, 2.75) is 58.3 Å². The van der Waals surface area contributed by atoms with Crippen molar-refractivity contribution in [3.8, 4) is 0 Å². The Bertz CT molecular complexity index is 683. The maximum atomic E-state index is 12.1. The van der Waals surface area contributed by atoms with Crippen LogP contribution < -0.4 is 5.32 Å². The second-order valence-corrected chi connectivity index (χ2v) is 7.72. The normalized spacial score (nSPS) is 18.0. The standard InChI is InChI=1S/C22H31NO5/c1-16-10-12-18(13-11-16)22(2,3)28-15-19(20(24)26-4)23-21(25)27-14-17-8-6-5-7-9-17/h5-10,18-19H,11-15H2,1-4H3,(H,23,25)/t18?,19-/m0/s1. The van der Waals surface area contributed by atoms with Gasteiger partial charge in [-0.25, -0.2) is 9.59 Å². The Hall–Kier alpha value is -2.34. The van der Waals surface area contributed by atoms with Gasteiger partial charge in [0.15, 0.2) is 6.04 Å². The molecule has 1 unspecified atom stereocenters. The van der Waals surface area contributed by atoms with Crippen LogP contribution in [0.25, 0.3) is 0 Å². The number of benzene rings is 1. The number of rotatable bonds is 8. The zero-order valence-electron chi connectivity index (χ0n) is 17.2. The van der Waals surface area contributed by atoms with Crippen molar-refractivity contribution in [1.29, 1.82) is 0 Å². The zero-order chi connectivity index (χ0) is 20.6. The molecule has 154 valence electrons. The zero-order valence-corrected chi connectivity index (χ0v) is 17.2. The molecule has 1 aromatic rings. The van der Waals surface area contributed by atoms with E-state index in [0.717, 1.165) is 24.8 Å². The Morgan fingerprint density at radius 3 is 2.57 bits per heavy atom. The summed E-state index contributed by atoms with van der Waals surface area (Å²) in [6, 6.07) is 8.42. The summed E-state index contributed by atoms with van der Waals surface area (Å²) in [7, 11) is 1.28. The lowest BCUT2D eigenvalue weighted by Crippen LogP contribution is -2.47. The molecule has 1 aliphatic rings. The van der Waals surface area contributed by atoms with Gasteiger partial charge in [0, 0.05) is 0 Å². The average Bonchev–Trinajstić information content (AvgIpc) is 2.70. The molecule has 1 N–H and O–H groups in total. The monoisotopic (exact) mass is 389 g/mol. The molecule has 0 aromatic heterocycles. The first kappa shape index (κ1) is 22.0. The van der Waals surface area contributed by atoms with Crippen molar-refractivity contribution in [1.82, 2.24) is 5.32 Å². The predicted molar refractivity (Wildman–Crippen MR) is 107 cm³/mol. The van der Waals surface area contributed by atoms with Gasteiger partial charge < -0.3 is 19.5 Å². The van der Waals surface area contributed by atoms with E-state index in [4.69, 9.17) is 14.2 Å². The van der Waals surface area contributed by atoms with E-state index in [0.29, 0.717) is 5.92 Å². The predicted octanol–water partition coefficient (Wildman–Crippen LogP) is 4.00. The molecule has 6 nitrogen and oxygen atoms in total. The fourth-order valence-electron chi connectivity index (χ4n) is 3.23. The van der Waals surface area contributed by atoms with Crippen molar-refractivity contribution in [3.63, 3.8) is 0 Å². The number of allylic oxidation sites excluding steroid dienone is 2. The van der Waals surface area contributed by atoms with Crippen LogP contribution in [0.4, 0.5) is 4.79 Å². The molecule has 2 rings (SSSR count). The smallest absolute Gasteiger partial charge is 0.408 e. The Balaban J connectivity index is 1.88. The summed E-state index contributed by atoms with van der Waals surface area (Å²) >= 11 is 0. The minimum atomic E-state index is -0.923. The minimum Gasteiger partial charge on any atom is -0.467 e. The second kappa shape index (κ2) is 10.3. The number of ether oxygens (including phenoxy) is 3. The average molecular weight is 389 g/mol. The molecule has 0 saturated heterocycles. The molecule has 1 aliphatic carbocycles. The summed E-state index contributed by atoms with van der Waals surface area (Å²) in [4.78, 5) is 24.2. The van der Waals surface area contributed by atoms with Crippen molar-refractivity contribution in [3.05, 3.63) is 47.5 Å². The van der Waals surface area contributed by atoms with Gasteiger partial charge in [-0.1, -0.05) is 42.0 Å². The highest BCUT2D eigenvalue weighted by Gasteiger charge is 2.33. The van der Waals surface area contributed by atoms with Crippen LogP contribution >= 0.6 is 0 Å². The van der Waals surface area contributed by atoms with Crippen LogP contribution in [-0.2, 0) is 25.6 Å². The summed E-state index contributed by atoms with van der Waals surface area (Å²) < 4.78 is 16.0. The van der Waals surface area contributed by atoms with E-state index < -0.39 is 23.7 Å². The molecule has 0 fully saturated rings. The Morgan fingerprint density at radius 2 is 1.96 bits per heavy atom. The van der Waals surface area contributed by atoms with Crippen LogP contribution in [0.2, 0.25) is 0 Å². The fourth-order valence-corrected chi connectivity index (χ4v) is 3.23. The number of hydrogen-bond donors (Lipinski definition) is 1. The molecule has 0 saturated carbocycles. The Morgan fingerprint density at radius 1 is 1.25 bits per heavy atom. The van der Waals surface area contributed by atoms with Gasteiger partial charge in [0.05, 0.1) is 19.3 Å². The summed E-state index contributed by atoms with van der Waals surface area (Å²) in [5.41, 5.74) is 1.85. The molecule has 0 spiro atoms. The third kappa shape index (κ3) is 6.68. The number of esters is 1. The third-order valence-electron chi connectivity index (χ3n) is 5.23. The molecule has 2 atom stereocenters. The highest BCUT2D eigenvalue weighted by Crippen LogP contribution is 2.34.